The van der Waals surface area contributed by atoms with Crippen molar-refractivity contribution in [2.45, 2.75) is 44.6 Å². The van der Waals surface area contributed by atoms with Crippen molar-refractivity contribution >= 4 is 15.9 Å². The quantitative estimate of drug-likeness (QED) is 0.564. The summed E-state index contributed by atoms with van der Waals surface area (Å²) in [5, 5.41) is 2.81. The molecular formula is C21H28N2O4S. The lowest BCUT2D eigenvalue weighted by molar-refractivity contribution is -0.123. The fourth-order valence-electron chi connectivity index (χ4n) is 2.61. The van der Waals surface area contributed by atoms with Crippen LogP contribution in [0.5, 0.6) is 5.75 Å². The molecule has 0 radical (unpaired) electrons. The molecule has 2 aromatic rings. The molecular weight excluding hydrogens is 376 g/mol. The molecule has 2 rings (SSSR count). The minimum Gasteiger partial charge on any atom is -0.484 e. The number of carbonyl (C=O) groups excluding carboxylic acids is 1. The third-order valence-electron chi connectivity index (χ3n) is 4.23. The van der Waals surface area contributed by atoms with E-state index in [-0.39, 0.29) is 24.0 Å². The van der Waals surface area contributed by atoms with Gasteiger partial charge in [-0.1, -0.05) is 50.1 Å². The Morgan fingerprint density at radius 1 is 1.07 bits per heavy atom. The summed E-state index contributed by atoms with van der Waals surface area (Å²) in [5.74, 6) is 0.308. The first-order chi connectivity index (χ1) is 13.4. The Hall–Kier alpha value is -2.38. The van der Waals surface area contributed by atoms with E-state index in [9.17, 15) is 13.2 Å². The summed E-state index contributed by atoms with van der Waals surface area (Å²) in [5.41, 5.74) is 1.54. The molecule has 6 nitrogen and oxygen atoms in total. The summed E-state index contributed by atoms with van der Waals surface area (Å²) in [6.07, 6.45) is 3.12. The van der Waals surface area contributed by atoms with E-state index < -0.39 is 10.0 Å². The second kappa shape index (κ2) is 10.8. The predicted molar refractivity (Wildman–Crippen MR) is 110 cm³/mol. The molecule has 0 unspecified atom stereocenters. The van der Waals surface area contributed by atoms with Crippen molar-refractivity contribution in [3.63, 3.8) is 0 Å². The maximum absolute atomic E-state index is 12.5. The highest BCUT2D eigenvalue weighted by atomic mass is 32.2. The van der Waals surface area contributed by atoms with Gasteiger partial charge in [0.25, 0.3) is 5.91 Å². The predicted octanol–water partition coefficient (Wildman–Crippen LogP) is 3.16. The number of rotatable bonds is 11. The van der Waals surface area contributed by atoms with Gasteiger partial charge in [0.05, 0.1) is 4.90 Å². The topological polar surface area (TPSA) is 84.5 Å². The molecule has 0 bridgehead atoms. The number of hydrogen-bond donors (Lipinski definition) is 2. The average molecular weight is 405 g/mol. The van der Waals surface area contributed by atoms with Gasteiger partial charge in [-0.15, -0.1) is 0 Å². The van der Waals surface area contributed by atoms with Gasteiger partial charge >= 0.3 is 0 Å². The molecule has 7 heteroatoms. The number of ether oxygens (including phenoxy) is 1. The highest BCUT2D eigenvalue weighted by Crippen LogP contribution is 2.22. The Balaban J connectivity index is 1.90. The number of carbonyl (C=O) groups is 1. The molecule has 152 valence electrons. The van der Waals surface area contributed by atoms with Crippen LogP contribution in [-0.2, 0) is 21.4 Å². The Bertz CT molecular complexity index is 867. The fraction of sp³-hybridized carbons (Fsp3) is 0.381. The number of hydrogen-bond acceptors (Lipinski definition) is 4. The summed E-state index contributed by atoms with van der Waals surface area (Å²) in [7, 11) is -3.63. The van der Waals surface area contributed by atoms with E-state index in [4.69, 9.17) is 4.74 Å². The van der Waals surface area contributed by atoms with E-state index in [2.05, 4.69) is 17.0 Å². The van der Waals surface area contributed by atoms with Gasteiger partial charge in [0.2, 0.25) is 10.0 Å². The second-order valence-corrected chi connectivity index (χ2v) is 8.35. The molecule has 0 saturated carbocycles. The van der Waals surface area contributed by atoms with Crippen LogP contribution in [0.3, 0.4) is 0 Å². The van der Waals surface area contributed by atoms with Crippen LogP contribution in [0.4, 0.5) is 0 Å². The lowest BCUT2D eigenvalue weighted by atomic mass is 10.2. The zero-order chi connectivity index (χ0) is 20.4. The van der Waals surface area contributed by atoms with E-state index in [0.717, 1.165) is 24.8 Å². The standard InChI is InChI=1S/C21H28N2O4S/c1-3-4-8-13-22-21(24)16-27-20-12-11-19(14-17(20)2)28(25,26)23-15-18-9-6-5-7-10-18/h5-7,9-12,14,23H,3-4,8,13,15-16H2,1-2H3,(H,22,24). The van der Waals surface area contributed by atoms with Gasteiger partial charge in [0.15, 0.2) is 6.61 Å². The van der Waals surface area contributed by atoms with E-state index in [0.29, 0.717) is 17.9 Å². The van der Waals surface area contributed by atoms with Gasteiger partial charge in [0.1, 0.15) is 5.75 Å². The Kier molecular flexibility index (Phi) is 8.47. The normalized spacial score (nSPS) is 11.2. The van der Waals surface area contributed by atoms with Crippen molar-refractivity contribution in [1.82, 2.24) is 10.0 Å². The minimum absolute atomic E-state index is 0.0919. The molecule has 0 aliphatic heterocycles. The first-order valence-corrected chi connectivity index (χ1v) is 10.9. The van der Waals surface area contributed by atoms with Crippen molar-refractivity contribution in [1.29, 1.82) is 0 Å². The first kappa shape index (κ1) is 21.9. The number of aryl methyl sites for hydroxylation is 1. The van der Waals surface area contributed by atoms with Gasteiger partial charge in [-0.2, -0.15) is 0 Å². The molecule has 0 heterocycles. The third kappa shape index (κ3) is 6.98. The van der Waals surface area contributed by atoms with Crippen molar-refractivity contribution in [3.05, 3.63) is 59.7 Å². The molecule has 28 heavy (non-hydrogen) atoms. The smallest absolute Gasteiger partial charge is 0.257 e. The Labute approximate surface area is 167 Å². The monoisotopic (exact) mass is 404 g/mol. The lowest BCUT2D eigenvalue weighted by Gasteiger charge is -2.12. The summed E-state index contributed by atoms with van der Waals surface area (Å²) in [6.45, 7) is 4.63. The molecule has 2 N–H and O–H groups in total. The van der Waals surface area contributed by atoms with Crippen LogP contribution in [0.1, 0.15) is 37.3 Å². The third-order valence-corrected chi connectivity index (χ3v) is 5.63. The van der Waals surface area contributed by atoms with Crippen LogP contribution in [0, 0.1) is 6.92 Å². The van der Waals surface area contributed by atoms with E-state index in [1.807, 2.05) is 30.3 Å². The van der Waals surface area contributed by atoms with Crippen LogP contribution in [0.2, 0.25) is 0 Å². The maximum atomic E-state index is 12.5. The molecule has 1 amide bonds. The van der Waals surface area contributed by atoms with Gasteiger partial charge in [-0.25, -0.2) is 13.1 Å². The van der Waals surface area contributed by atoms with E-state index in [1.165, 1.54) is 6.07 Å². The average Bonchev–Trinajstić information content (AvgIpc) is 2.69. The second-order valence-electron chi connectivity index (χ2n) is 6.58. The zero-order valence-electron chi connectivity index (χ0n) is 16.4. The largest absolute Gasteiger partial charge is 0.484 e. The van der Waals surface area contributed by atoms with Gasteiger partial charge in [-0.05, 0) is 42.7 Å². The molecule has 2 aromatic carbocycles. The molecule has 0 aromatic heterocycles. The van der Waals surface area contributed by atoms with E-state index >= 15 is 0 Å². The summed E-state index contributed by atoms with van der Waals surface area (Å²) < 4.78 is 33.1. The minimum atomic E-state index is -3.63. The Morgan fingerprint density at radius 2 is 1.82 bits per heavy atom. The lowest BCUT2D eigenvalue weighted by Crippen LogP contribution is -2.29. The highest BCUT2D eigenvalue weighted by Gasteiger charge is 2.15. The molecule has 0 saturated heterocycles. The van der Waals surface area contributed by atoms with Crippen LogP contribution >= 0.6 is 0 Å². The Morgan fingerprint density at radius 3 is 2.50 bits per heavy atom. The first-order valence-electron chi connectivity index (χ1n) is 9.46. The van der Waals surface area contributed by atoms with Crippen LogP contribution in [-0.4, -0.2) is 27.5 Å². The van der Waals surface area contributed by atoms with Gasteiger partial charge in [0, 0.05) is 13.1 Å². The summed E-state index contributed by atoms with van der Waals surface area (Å²) in [6, 6.07) is 13.9. The number of sulfonamides is 1. The van der Waals surface area contributed by atoms with Crippen molar-refractivity contribution < 1.29 is 17.9 Å². The van der Waals surface area contributed by atoms with Crippen LogP contribution in [0.15, 0.2) is 53.4 Å². The highest BCUT2D eigenvalue weighted by molar-refractivity contribution is 7.89. The molecule has 0 spiro atoms. The molecule has 0 aliphatic carbocycles. The zero-order valence-corrected chi connectivity index (χ0v) is 17.2. The van der Waals surface area contributed by atoms with Crippen LogP contribution < -0.4 is 14.8 Å². The van der Waals surface area contributed by atoms with Crippen molar-refractivity contribution in [2.75, 3.05) is 13.2 Å². The van der Waals surface area contributed by atoms with Crippen molar-refractivity contribution in [2.24, 2.45) is 0 Å². The molecule has 0 fully saturated rings. The molecule has 0 atom stereocenters. The van der Waals surface area contributed by atoms with Gasteiger partial charge < -0.3 is 10.1 Å². The number of benzene rings is 2. The summed E-state index contributed by atoms with van der Waals surface area (Å²) >= 11 is 0. The number of unbranched alkanes of at least 4 members (excludes halogenated alkanes) is 2. The van der Waals surface area contributed by atoms with Crippen LogP contribution in [0.25, 0.3) is 0 Å². The van der Waals surface area contributed by atoms with Crippen molar-refractivity contribution in [3.8, 4) is 5.75 Å². The summed E-state index contributed by atoms with van der Waals surface area (Å²) in [4.78, 5) is 12.0. The number of amides is 1. The SMILES string of the molecule is CCCCCNC(=O)COc1ccc(S(=O)(=O)NCc2ccccc2)cc1C. The van der Waals surface area contributed by atoms with Gasteiger partial charge in [-0.3, -0.25) is 4.79 Å². The fourth-order valence-corrected chi connectivity index (χ4v) is 3.71. The molecule has 0 aliphatic rings. The van der Waals surface area contributed by atoms with E-state index in [1.54, 1.807) is 19.1 Å². The number of nitrogens with one attached hydrogen (secondary N) is 2. The maximum Gasteiger partial charge on any atom is 0.257 e.